The molecule has 1 fully saturated rings. The highest BCUT2D eigenvalue weighted by atomic mass is 16.7. The molecule has 12 nitrogen and oxygen atoms in total. The maximum atomic E-state index is 12.9. The molecule has 2 rings (SSSR count). The van der Waals surface area contributed by atoms with Gasteiger partial charge in [-0.15, -0.1) is 0 Å². The highest BCUT2D eigenvalue weighted by Crippen LogP contribution is 2.33. The molecule has 1 aromatic heterocycles. The van der Waals surface area contributed by atoms with Crippen molar-refractivity contribution in [1.82, 2.24) is 14.3 Å². The minimum absolute atomic E-state index is 0.173. The molecule has 2 heterocycles. The zero-order valence-electron chi connectivity index (χ0n) is 17.2. The molecule has 12 heteroatoms. The van der Waals surface area contributed by atoms with Gasteiger partial charge in [-0.2, -0.15) is 9.78 Å². The van der Waals surface area contributed by atoms with E-state index in [1.165, 1.54) is 6.92 Å². The fourth-order valence-corrected chi connectivity index (χ4v) is 3.03. The van der Waals surface area contributed by atoms with Gasteiger partial charge >= 0.3 is 23.6 Å². The lowest BCUT2D eigenvalue weighted by Gasteiger charge is -2.23. The zero-order valence-corrected chi connectivity index (χ0v) is 17.2. The van der Waals surface area contributed by atoms with E-state index in [-0.39, 0.29) is 13.2 Å². The van der Waals surface area contributed by atoms with Crippen LogP contribution in [0.4, 0.5) is 0 Å². The number of carbonyl (C=O) groups excluding carboxylic acids is 3. The van der Waals surface area contributed by atoms with Crippen LogP contribution in [-0.2, 0) is 39.9 Å². The van der Waals surface area contributed by atoms with Crippen LogP contribution in [0.5, 0.6) is 0 Å². The Labute approximate surface area is 171 Å². The average Bonchev–Trinajstić information content (AvgIpc) is 2.96. The molecule has 0 bridgehead atoms. The van der Waals surface area contributed by atoms with Gasteiger partial charge in [0, 0.05) is 27.3 Å². The van der Waals surface area contributed by atoms with Gasteiger partial charge in [-0.05, 0) is 6.42 Å². The summed E-state index contributed by atoms with van der Waals surface area (Å²) in [5.74, 6) is -2.01. The monoisotopic (exact) mass is 427 g/mol. The Morgan fingerprint density at radius 3 is 2.27 bits per heavy atom. The molecule has 0 aromatic carbocycles. The lowest BCUT2D eigenvalue weighted by Crippen LogP contribution is -2.46. The molecule has 0 N–H and O–H groups in total. The van der Waals surface area contributed by atoms with Crippen LogP contribution in [0.1, 0.15) is 46.8 Å². The first-order valence-electron chi connectivity index (χ1n) is 9.47. The summed E-state index contributed by atoms with van der Waals surface area (Å²) in [6, 6.07) is 0. The second-order valence-electron chi connectivity index (χ2n) is 6.73. The number of ether oxygens (including phenoxy) is 4. The third-order valence-electron chi connectivity index (χ3n) is 4.30. The van der Waals surface area contributed by atoms with E-state index in [1.807, 2.05) is 6.92 Å². The van der Waals surface area contributed by atoms with Crippen LogP contribution in [0.2, 0.25) is 0 Å². The van der Waals surface area contributed by atoms with Crippen molar-refractivity contribution in [2.45, 2.75) is 71.6 Å². The van der Waals surface area contributed by atoms with Crippen molar-refractivity contribution < 1.29 is 33.3 Å². The zero-order chi connectivity index (χ0) is 22.4. The van der Waals surface area contributed by atoms with Crippen LogP contribution < -0.4 is 11.2 Å². The van der Waals surface area contributed by atoms with E-state index in [9.17, 15) is 24.0 Å². The minimum Gasteiger partial charge on any atom is -0.463 e. The van der Waals surface area contributed by atoms with Crippen molar-refractivity contribution >= 4 is 17.9 Å². The molecule has 0 saturated carbocycles. The molecular formula is C18H25N3O9. The standard InChI is InChI=1S/C18H25N3O9/c1-5-6-7-20-14(25)8-19-21(18(20)26)17-16(29-12(4)24)15(28-11(3)23)13(30-17)9-27-10(2)22/h8,13,15-17H,5-7,9H2,1-4H3/t13-,15+,16-,17-/m1/s1. The van der Waals surface area contributed by atoms with E-state index < -0.39 is 53.7 Å². The number of carbonyl (C=O) groups is 3. The van der Waals surface area contributed by atoms with Crippen LogP contribution in [0.15, 0.2) is 15.8 Å². The molecule has 0 aliphatic carbocycles. The van der Waals surface area contributed by atoms with Crippen LogP contribution >= 0.6 is 0 Å². The summed E-state index contributed by atoms with van der Waals surface area (Å²) in [4.78, 5) is 59.4. The largest absolute Gasteiger partial charge is 0.463 e. The highest BCUT2D eigenvalue weighted by Gasteiger charge is 2.51. The van der Waals surface area contributed by atoms with Gasteiger partial charge in [-0.1, -0.05) is 13.3 Å². The predicted octanol–water partition coefficient (Wildman–Crippen LogP) is -0.471. The van der Waals surface area contributed by atoms with Crippen molar-refractivity contribution in [1.29, 1.82) is 0 Å². The van der Waals surface area contributed by atoms with E-state index in [0.717, 1.165) is 35.7 Å². The molecule has 1 aliphatic heterocycles. The van der Waals surface area contributed by atoms with Gasteiger partial charge in [0.25, 0.3) is 5.56 Å². The number of nitrogens with zero attached hydrogens (tertiary/aromatic N) is 3. The summed E-state index contributed by atoms with van der Waals surface area (Å²) in [5.41, 5.74) is -1.35. The highest BCUT2D eigenvalue weighted by molar-refractivity contribution is 5.67. The van der Waals surface area contributed by atoms with Gasteiger partial charge in [-0.25, -0.2) is 4.79 Å². The van der Waals surface area contributed by atoms with Gasteiger partial charge in [0.2, 0.25) is 0 Å². The van der Waals surface area contributed by atoms with Gasteiger partial charge in [0.1, 0.15) is 18.9 Å². The Morgan fingerprint density at radius 1 is 1.07 bits per heavy atom. The fraction of sp³-hybridized carbons (Fsp3) is 0.667. The van der Waals surface area contributed by atoms with Gasteiger partial charge in [0.05, 0.1) is 0 Å². The Morgan fingerprint density at radius 2 is 1.70 bits per heavy atom. The first-order chi connectivity index (χ1) is 14.1. The van der Waals surface area contributed by atoms with Crippen molar-refractivity contribution in [2.75, 3.05) is 6.61 Å². The first kappa shape index (κ1) is 23.3. The summed E-state index contributed by atoms with van der Waals surface area (Å²) in [7, 11) is 0. The quantitative estimate of drug-likeness (QED) is 0.394. The van der Waals surface area contributed by atoms with Crippen molar-refractivity contribution in [3.63, 3.8) is 0 Å². The third-order valence-corrected chi connectivity index (χ3v) is 4.30. The van der Waals surface area contributed by atoms with Crippen LogP contribution in [0.25, 0.3) is 0 Å². The molecule has 4 atom stereocenters. The van der Waals surface area contributed by atoms with E-state index in [0.29, 0.717) is 6.42 Å². The number of hydrogen-bond acceptors (Lipinski definition) is 10. The smallest absolute Gasteiger partial charge is 0.350 e. The SMILES string of the molecule is CCCCn1c(=O)cnn([C@@H]2O[C@H](COC(C)=O)[C@H](OC(C)=O)[C@H]2OC(C)=O)c1=O. The van der Waals surface area contributed by atoms with Crippen molar-refractivity contribution in [3.05, 3.63) is 27.0 Å². The topological polar surface area (TPSA) is 145 Å². The molecule has 0 amide bonds. The lowest BCUT2D eigenvalue weighted by atomic mass is 10.1. The lowest BCUT2D eigenvalue weighted by molar-refractivity contribution is -0.166. The summed E-state index contributed by atoms with van der Waals surface area (Å²) in [6.07, 6.45) is -2.47. The van der Waals surface area contributed by atoms with E-state index in [1.54, 1.807) is 0 Å². The summed E-state index contributed by atoms with van der Waals surface area (Å²) in [5, 5.41) is 3.84. The Kier molecular flexibility index (Phi) is 7.86. The summed E-state index contributed by atoms with van der Waals surface area (Å²) >= 11 is 0. The maximum Gasteiger partial charge on any atom is 0.350 e. The predicted molar refractivity (Wildman–Crippen MR) is 99.3 cm³/mol. The molecule has 1 aromatic rings. The molecule has 30 heavy (non-hydrogen) atoms. The number of esters is 3. The number of hydrogen-bond donors (Lipinski definition) is 0. The van der Waals surface area contributed by atoms with Gasteiger partial charge in [-0.3, -0.25) is 23.7 Å². The molecule has 0 spiro atoms. The molecule has 166 valence electrons. The van der Waals surface area contributed by atoms with E-state index in [4.69, 9.17) is 18.9 Å². The van der Waals surface area contributed by atoms with Crippen molar-refractivity contribution in [2.24, 2.45) is 0 Å². The minimum atomic E-state index is -1.31. The van der Waals surface area contributed by atoms with Gasteiger partial charge in [0.15, 0.2) is 18.4 Å². The van der Waals surface area contributed by atoms with E-state index >= 15 is 0 Å². The molecule has 0 radical (unpaired) electrons. The second kappa shape index (κ2) is 10.1. The normalized spacial score (nSPS) is 23.1. The molecular weight excluding hydrogens is 402 g/mol. The third kappa shape index (κ3) is 5.53. The maximum absolute atomic E-state index is 12.9. The summed E-state index contributed by atoms with van der Waals surface area (Å²) < 4.78 is 23.1. The van der Waals surface area contributed by atoms with Crippen LogP contribution in [0, 0.1) is 0 Å². The van der Waals surface area contributed by atoms with Crippen molar-refractivity contribution in [3.8, 4) is 0 Å². The first-order valence-corrected chi connectivity index (χ1v) is 9.47. The fourth-order valence-electron chi connectivity index (χ4n) is 3.03. The number of aromatic nitrogens is 3. The Hall–Kier alpha value is -3.02. The molecule has 0 unspecified atom stereocenters. The van der Waals surface area contributed by atoms with E-state index in [2.05, 4.69) is 5.10 Å². The Bertz CT molecular complexity index is 907. The second-order valence-corrected chi connectivity index (χ2v) is 6.73. The number of unbranched alkanes of at least 4 members (excludes halogenated alkanes) is 1. The van der Waals surface area contributed by atoms with Crippen LogP contribution in [0.3, 0.4) is 0 Å². The summed E-state index contributed by atoms with van der Waals surface area (Å²) in [6.45, 7) is 5.24. The number of rotatable bonds is 8. The Balaban J connectivity index is 2.48. The van der Waals surface area contributed by atoms with Crippen LogP contribution in [-0.4, -0.2) is 57.2 Å². The van der Waals surface area contributed by atoms with Gasteiger partial charge < -0.3 is 18.9 Å². The average molecular weight is 427 g/mol. The molecule has 1 aliphatic rings. The molecule has 1 saturated heterocycles.